The van der Waals surface area contributed by atoms with E-state index in [2.05, 4.69) is 25.2 Å². The largest absolute Gasteiger partial charge is 0.376 e. The van der Waals surface area contributed by atoms with Gasteiger partial charge in [0, 0.05) is 5.69 Å². The van der Waals surface area contributed by atoms with E-state index in [9.17, 15) is 4.79 Å². The van der Waals surface area contributed by atoms with Gasteiger partial charge >= 0.3 is 0 Å². The number of hydrogen-bond acceptors (Lipinski definition) is 2. The maximum atomic E-state index is 10.7. The van der Waals surface area contributed by atoms with Crippen molar-refractivity contribution in [3.63, 3.8) is 0 Å². The Morgan fingerprint density at radius 1 is 1.20 bits per heavy atom. The molecule has 0 radical (unpaired) electrons. The van der Waals surface area contributed by atoms with Gasteiger partial charge in [-0.05, 0) is 49.9 Å². The molecule has 0 fully saturated rings. The average Bonchev–Trinajstić information content (AvgIpc) is 2.14. The molecule has 0 bridgehead atoms. The monoisotopic (exact) mass is 206 g/mol. The van der Waals surface area contributed by atoms with Crippen LogP contribution < -0.4 is 11.1 Å². The Labute approximate surface area is 90.7 Å². The van der Waals surface area contributed by atoms with Crippen molar-refractivity contribution in [2.24, 2.45) is 5.73 Å². The van der Waals surface area contributed by atoms with Crippen LogP contribution in [-0.2, 0) is 4.79 Å². The molecule has 15 heavy (non-hydrogen) atoms. The van der Waals surface area contributed by atoms with Gasteiger partial charge in [0.05, 0.1) is 6.54 Å². The number of anilines is 1. The molecule has 0 heterocycles. The van der Waals surface area contributed by atoms with Crippen molar-refractivity contribution in [2.45, 2.75) is 27.7 Å². The first-order valence-corrected chi connectivity index (χ1v) is 5.03. The molecule has 0 aliphatic heterocycles. The minimum Gasteiger partial charge on any atom is -0.376 e. The summed E-state index contributed by atoms with van der Waals surface area (Å²) in [5.41, 5.74) is 11.0. The van der Waals surface area contributed by atoms with Gasteiger partial charge in [0.25, 0.3) is 0 Å². The molecule has 1 amide bonds. The number of nitrogens with two attached hydrogens (primary N) is 1. The normalized spacial score (nSPS) is 10.1. The third-order valence-corrected chi connectivity index (χ3v) is 2.81. The summed E-state index contributed by atoms with van der Waals surface area (Å²) in [7, 11) is 0. The van der Waals surface area contributed by atoms with Gasteiger partial charge in [0.15, 0.2) is 0 Å². The van der Waals surface area contributed by atoms with Crippen LogP contribution in [0.3, 0.4) is 0 Å². The van der Waals surface area contributed by atoms with Gasteiger partial charge in [-0.15, -0.1) is 0 Å². The van der Waals surface area contributed by atoms with E-state index in [4.69, 9.17) is 5.73 Å². The van der Waals surface area contributed by atoms with E-state index in [1.807, 2.05) is 13.8 Å². The van der Waals surface area contributed by atoms with E-state index in [0.717, 1.165) is 5.69 Å². The van der Waals surface area contributed by atoms with Crippen LogP contribution in [0.2, 0.25) is 0 Å². The maximum Gasteiger partial charge on any atom is 0.236 e. The van der Waals surface area contributed by atoms with Crippen LogP contribution in [0, 0.1) is 27.7 Å². The van der Waals surface area contributed by atoms with Crippen LogP contribution >= 0.6 is 0 Å². The molecule has 82 valence electrons. The minimum absolute atomic E-state index is 0.185. The molecule has 3 nitrogen and oxygen atoms in total. The number of carbonyl (C=O) groups is 1. The van der Waals surface area contributed by atoms with Crippen molar-refractivity contribution in [1.82, 2.24) is 0 Å². The number of hydrogen-bond donors (Lipinski definition) is 2. The number of aryl methyl sites for hydroxylation is 2. The van der Waals surface area contributed by atoms with Gasteiger partial charge in [-0.2, -0.15) is 0 Å². The van der Waals surface area contributed by atoms with Gasteiger partial charge in [0.2, 0.25) is 5.91 Å². The Bertz CT molecular complexity index is 371. The van der Waals surface area contributed by atoms with Crippen LogP contribution in [0.1, 0.15) is 22.3 Å². The van der Waals surface area contributed by atoms with Gasteiger partial charge in [-0.25, -0.2) is 0 Å². The Morgan fingerprint density at radius 2 is 1.67 bits per heavy atom. The van der Waals surface area contributed by atoms with Gasteiger partial charge < -0.3 is 11.1 Å². The zero-order chi connectivity index (χ0) is 11.6. The molecule has 0 aromatic heterocycles. The summed E-state index contributed by atoms with van der Waals surface area (Å²) in [6, 6.07) is 2.15. The lowest BCUT2D eigenvalue weighted by Gasteiger charge is -2.16. The maximum absolute atomic E-state index is 10.7. The summed E-state index contributed by atoms with van der Waals surface area (Å²) in [5, 5.41) is 3.09. The molecular formula is C12H18N2O. The molecule has 3 N–H and O–H groups in total. The molecule has 0 spiro atoms. The summed E-state index contributed by atoms with van der Waals surface area (Å²) in [5.74, 6) is -0.340. The molecule has 0 unspecified atom stereocenters. The van der Waals surface area contributed by atoms with Crippen molar-refractivity contribution < 1.29 is 4.79 Å². The second kappa shape index (κ2) is 4.34. The highest BCUT2D eigenvalue weighted by molar-refractivity contribution is 5.79. The summed E-state index contributed by atoms with van der Waals surface area (Å²) < 4.78 is 0. The third-order valence-electron chi connectivity index (χ3n) is 2.81. The van der Waals surface area contributed by atoms with E-state index in [1.54, 1.807) is 0 Å². The summed E-state index contributed by atoms with van der Waals surface area (Å²) in [6.07, 6.45) is 0. The minimum atomic E-state index is -0.340. The molecular weight excluding hydrogens is 188 g/mol. The number of nitrogens with one attached hydrogen (secondary N) is 1. The third kappa shape index (κ3) is 2.49. The summed E-state index contributed by atoms with van der Waals surface area (Å²) >= 11 is 0. The van der Waals surface area contributed by atoms with E-state index in [-0.39, 0.29) is 12.5 Å². The zero-order valence-electron chi connectivity index (χ0n) is 9.77. The van der Waals surface area contributed by atoms with E-state index in [0.29, 0.717) is 0 Å². The molecule has 1 rings (SSSR count). The van der Waals surface area contributed by atoms with Crippen LogP contribution in [0.4, 0.5) is 5.69 Å². The van der Waals surface area contributed by atoms with E-state index >= 15 is 0 Å². The van der Waals surface area contributed by atoms with Crippen molar-refractivity contribution in [2.75, 3.05) is 11.9 Å². The Hall–Kier alpha value is -1.51. The van der Waals surface area contributed by atoms with Crippen LogP contribution in [0.5, 0.6) is 0 Å². The molecule has 1 aromatic rings. The Balaban J connectivity index is 3.09. The van der Waals surface area contributed by atoms with E-state index in [1.165, 1.54) is 22.3 Å². The SMILES string of the molecule is Cc1cc(C)c(C)c(NCC(N)=O)c1C. The predicted octanol–water partition coefficient (Wildman–Crippen LogP) is 1.82. The van der Waals surface area contributed by atoms with Crippen molar-refractivity contribution in [1.29, 1.82) is 0 Å². The van der Waals surface area contributed by atoms with Crippen molar-refractivity contribution in [3.05, 3.63) is 28.3 Å². The van der Waals surface area contributed by atoms with Crippen molar-refractivity contribution in [3.8, 4) is 0 Å². The summed E-state index contributed by atoms with van der Waals surface area (Å²) in [4.78, 5) is 10.7. The highest BCUT2D eigenvalue weighted by Gasteiger charge is 2.08. The fourth-order valence-corrected chi connectivity index (χ4v) is 1.66. The predicted molar refractivity (Wildman–Crippen MR) is 63.1 cm³/mol. The molecule has 0 saturated carbocycles. The molecule has 0 saturated heterocycles. The first-order valence-electron chi connectivity index (χ1n) is 5.03. The number of rotatable bonds is 3. The number of carbonyl (C=O) groups excluding carboxylic acids is 1. The van der Waals surface area contributed by atoms with Crippen molar-refractivity contribution >= 4 is 11.6 Å². The second-order valence-corrected chi connectivity index (χ2v) is 3.96. The van der Waals surface area contributed by atoms with Gasteiger partial charge in [-0.3, -0.25) is 4.79 Å². The van der Waals surface area contributed by atoms with Crippen LogP contribution in [0.15, 0.2) is 6.07 Å². The Morgan fingerprint density at radius 3 is 2.07 bits per heavy atom. The van der Waals surface area contributed by atoms with Gasteiger partial charge in [0.1, 0.15) is 0 Å². The lowest BCUT2D eigenvalue weighted by atomic mass is 9.99. The second-order valence-electron chi connectivity index (χ2n) is 3.96. The number of amides is 1. The molecule has 0 atom stereocenters. The van der Waals surface area contributed by atoms with Gasteiger partial charge in [-0.1, -0.05) is 6.07 Å². The lowest BCUT2D eigenvalue weighted by molar-refractivity contribution is -0.116. The topological polar surface area (TPSA) is 55.1 Å². The van der Waals surface area contributed by atoms with Crippen LogP contribution in [-0.4, -0.2) is 12.5 Å². The highest BCUT2D eigenvalue weighted by atomic mass is 16.1. The number of benzene rings is 1. The molecule has 1 aromatic carbocycles. The standard InChI is InChI=1S/C12H18N2O/c1-7-5-8(2)10(4)12(9(7)3)14-6-11(13)15/h5,14H,6H2,1-4H3,(H2,13,15). The average molecular weight is 206 g/mol. The molecule has 0 aliphatic carbocycles. The molecule has 0 aliphatic rings. The smallest absolute Gasteiger partial charge is 0.236 e. The zero-order valence-corrected chi connectivity index (χ0v) is 9.77. The first-order chi connectivity index (χ1) is 6.93. The highest BCUT2D eigenvalue weighted by Crippen LogP contribution is 2.26. The quantitative estimate of drug-likeness (QED) is 0.792. The Kier molecular flexibility index (Phi) is 3.35. The first kappa shape index (κ1) is 11.6. The fourth-order valence-electron chi connectivity index (χ4n) is 1.66. The summed E-state index contributed by atoms with van der Waals surface area (Å²) in [6.45, 7) is 8.41. The number of primary amides is 1. The molecule has 3 heteroatoms. The lowest BCUT2D eigenvalue weighted by Crippen LogP contribution is -2.22. The fraction of sp³-hybridized carbons (Fsp3) is 0.417. The van der Waals surface area contributed by atoms with E-state index < -0.39 is 0 Å². The van der Waals surface area contributed by atoms with Crippen LogP contribution in [0.25, 0.3) is 0 Å².